The van der Waals surface area contributed by atoms with Gasteiger partial charge in [0.15, 0.2) is 11.5 Å². The highest BCUT2D eigenvalue weighted by Crippen LogP contribution is 2.27. The Morgan fingerprint density at radius 2 is 2.00 bits per heavy atom. The molecule has 1 aromatic carbocycles. The molecule has 0 bridgehead atoms. The fraction of sp³-hybridized carbons (Fsp3) is 0.500. The summed E-state index contributed by atoms with van der Waals surface area (Å²) >= 11 is 0. The molecule has 0 aliphatic rings. The predicted molar refractivity (Wildman–Crippen MR) is 74.5 cm³/mol. The van der Waals surface area contributed by atoms with E-state index in [2.05, 4.69) is 5.32 Å². The summed E-state index contributed by atoms with van der Waals surface area (Å²) in [6.07, 6.45) is 1.49. The molecular formula is C14H22N2O3. The van der Waals surface area contributed by atoms with E-state index in [1.165, 1.54) is 0 Å². The van der Waals surface area contributed by atoms with Gasteiger partial charge in [-0.05, 0) is 37.1 Å². The lowest BCUT2D eigenvalue weighted by Gasteiger charge is -2.13. The molecule has 0 aliphatic carbocycles. The van der Waals surface area contributed by atoms with Crippen LogP contribution in [0, 0.1) is 0 Å². The summed E-state index contributed by atoms with van der Waals surface area (Å²) in [5, 5.41) is 3.14. The molecule has 0 aromatic heterocycles. The van der Waals surface area contributed by atoms with Crippen LogP contribution >= 0.6 is 0 Å². The molecule has 0 spiro atoms. The van der Waals surface area contributed by atoms with Crippen LogP contribution in [0.1, 0.15) is 18.9 Å². The molecule has 5 nitrogen and oxygen atoms in total. The third kappa shape index (κ3) is 4.44. The second-order valence-electron chi connectivity index (χ2n) is 4.26. The molecule has 0 saturated carbocycles. The molecule has 0 saturated heterocycles. The monoisotopic (exact) mass is 266 g/mol. The minimum Gasteiger partial charge on any atom is -0.493 e. The van der Waals surface area contributed by atoms with Crippen LogP contribution in [-0.4, -0.2) is 32.7 Å². The first-order valence-corrected chi connectivity index (χ1v) is 6.36. The zero-order valence-electron chi connectivity index (χ0n) is 11.7. The number of nitrogens with two attached hydrogens (primary N) is 1. The van der Waals surface area contributed by atoms with Crippen LogP contribution in [0.2, 0.25) is 0 Å². The molecule has 0 radical (unpaired) electrons. The van der Waals surface area contributed by atoms with Gasteiger partial charge in [0.05, 0.1) is 20.3 Å². The largest absolute Gasteiger partial charge is 0.493 e. The SMILES string of the molecule is CCC(NCCc1ccc(OC)c(OC)c1)C(N)=O. The molecule has 1 amide bonds. The number of hydrogen-bond acceptors (Lipinski definition) is 4. The molecule has 19 heavy (non-hydrogen) atoms. The van der Waals surface area contributed by atoms with E-state index in [0.717, 1.165) is 12.0 Å². The van der Waals surface area contributed by atoms with Gasteiger partial charge in [-0.15, -0.1) is 0 Å². The van der Waals surface area contributed by atoms with Crippen LogP contribution in [0.5, 0.6) is 11.5 Å². The van der Waals surface area contributed by atoms with Crippen LogP contribution in [0.4, 0.5) is 0 Å². The number of nitrogens with one attached hydrogen (secondary N) is 1. The molecule has 1 aromatic rings. The standard InChI is InChI=1S/C14H22N2O3/c1-4-11(14(15)17)16-8-7-10-5-6-12(18-2)13(9-10)19-3/h5-6,9,11,16H,4,7-8H2,1-3H3,(H2,15,17). The van der Waals surface area contributed by atoms with Gasteiger partial charge in [-0.25, -0.2) is 0 Å². The Kier molecular flexibility index (Phi) is 6.15. The van der Waals surface area contributed by atoms with Crippen LogP contribution in [0.25, 0.3) is 0 Å². The number of primary amides is 1. The molecule has 5 heteroatoms. The summed E-state index contributed by atoms with van der Waals surface area (Å²) in [7, 11) is 3.22. The van der Waals surface area contributed by atoms with E-state index in [1.807, 2.05) is 25.1 Å². The van der Waals surface area contributed by atoms with Crippen molar-refractivity contribution in [1.29, 1.82) is 0 Å². The summed E-state index contributed by atoms with van der Waals surface area (Å²) in [6.45, 7) is 2.62. The zero-order valence-corrected chi connectivity index (χ0v) is 11.7. The Hall–Kier alpha value is -1.75. The maximum Gasteiger partial charge on any atom is 0.234 e. The number of carbonyl (C=O) groups excluding carboxylic acids is 1. The molecule has 3 N–H and O–H groups in total. The fourth-order valence-corrected chi connectivity index (χ4v) is 1.87. The number of hydrogen-bond donors (Lipinski definition) is 2. The van der Waals surface area contributed by atoms with E-state index < -0.39 is 0 Å². The first kappa shape index (κ1) is 15.3. The minimum atomic E-state index is -0.310. The number of amides is 1. The maximum atomic E-state index is 11.1. The molecule has 1 atom stereocenters. The van der Waals surface area contributed by atoms with Crippen LogP contribution in [0.15, 0.2) is 18.2 Å². The summed E-state index contributed by atoms with van der Waals surface area (Å²) in [6, 6.07) is 5.53. The van der Waals surface area contributed by atoms with Crippen molar-refractivity contribution in [2.45, 2.75) is 25.8 Å². The van der Waals surface area contributed by atoms with Gasteiger partial charge in [0.1, 0.15) is 0 Å². The number of carbonyl (C=O) groups is 1. The van der Waals surface area contributed by atoms with Crippen molar-refractivity contribution < 1.29 is 14.3 Å². The average molecular weight is 266 g/mol. The van der Waals surface area contributed by atoms with Crippen molar-refractivity contribution in [3.8, 4) is 11.5 Å². The third-order valence-electron chi connectivity index (χ3n) is 3.00. The van der Waals surface area contributed by atoms with E-state index in [-0.39, 0.29) is 11.9 Å². The number of benzene rings is 1. The van der Waals surface area contributed by atoms with Gasteiger partial charge in [-0.3, -0.25) is 4.79 Å². The van der Waals surface area contributed by atoms with Crippen LogP contribution in [-0.2, 0) is 11.2 Å². The Bertz CT molecular complexity index is 421. The van der Waals surface area contributed by atoms with Gasteiger partial charge in [0, 0.05) is 0 Å². The predicted octanol–water partition coefficient (Wildman–Crippen LogP) is 1.10. The molecule has 0 heterocycles. The minimum absolute atomic E-state index is 0.264. The topological polar surface area (TPSA) is 73.6 Å². The van der Waals surface area contributed by atoms with Gasteiger partial charge in [0.25, 0.3) is 0 Å². The normalized spacial score (nSPS) is 11.9. The van der Waals surface area contributed by atoms with Gasteiger partial charge in [0.2, 0.25) is 5.91 Å². The Morgan fingerprint density at radius 3 is 2.53 bits per heavy atom. The van der Waals surface area contributed by atoms with Crippen molar-refractivity contribution in [2.24, 2.45) is 5.73 Å². The highest BCUT2D eigenvalue weighted by molar-refractivity contribution is 5.79. The van der Waals surface area contributed by atoms with E-state index in [9.17, 15) is 4.79 Å². The number of ether oxygens (including phenoxy) is 2. The second kappa shape index (κ2) is 7.63. The Balaban J connectivity index is 2.56. The van der Waals surface area contributed by atoms with Crippen molar-refractivity contribution in [3.63, 3.8) is 0 Å². The summed E-state index contributed by atoms with van der Waals surface area (Å²) < 4.78 is 10.4. The van der Waals surface area contributed by atoms with Crippen molar-refractivity contribution in [2.75, 3.05) is 20.8 Å². The fourth-order valence-electron chi connectivity index (χ4n) is 1.87. The summed E-state index contributed by atoms with van der Waals surface area (Å²) in [5.74, 6) is 1.11. The van der Waals surface area contributed by atoms with Gasteiger partial charge >= 0.3 is 0 Å². The highest BCUT2D eigenvalue weighted by atomic mass is 16.5. The van der Waals surface area contributed by atoms with Gasteiger partial charge < -0.3 is 20.5 Å². The highest BCUT2D eigenvalue weighted by Gasteiger charge is 2.11. The Morgan fingerprint density at radius 1 is 1.32 bits per heavy atom. The number of methoxy groups -OCH3 is 2. The molecule has 106 valence electrons. The average Bonchev–Trinajstić information content (AvgIpc) is 2.42. The van der Waals surface area contributed by atoms with Gasteiger partial charge in [-0.1, -0.05) is 13.0 Å². The lowest BCUT2D eigenvalue weighted by Crippen LogP contribution is -2.41. The van der Waals surface area contributed by atoms with Crippen molar-refractivity contribution in [1.82, 2.24) is 5.32 Å². The van der Waals surface area contributed by atoms with Crippen molar-refractivity contribution >= 4 is 5.91 Å². The van der Waals surface area contributed by atoms with E-state index in [1.54, 1.807) is 14.2 Å². The van der Waals surface area contributed by atoms with Gasteiger partial charge in [-0.2, -0.15) is 0 Å². The quantitative estimate of drug-likeness (QED) is 0.739. The lowest BCUT2D eigenvalue weighted by molar-refractivity contribution is -0.120. The zero-order chi connectivity index (χ0) is 14.3. The first-order chi connectivity index (χ1) is 9.12. The first-order valence-electron chi connectivity index (χ1n) is 6.36. The smallest absolute Gasteiger partial charge is 0.234 e. The van der Waals surface area contributed by atoms with Crippen LogP contribution < -0.4 is 20.5 Å². The summed E-state index contributed by atoms with van der Waals surface area (Å²) in [4.78, 5) is 11.1. The van der Waals surface area contributed by atoms with E-state index >= 15 is 0 Å². The van der Waals surface area contributed by atoms with Crippen molar-refractivity contribution in [3.05, 3.63) is 23.8 Å². The summed E-state index contributed by atoms with van der Waals surface area (Å²) in [5.41, 5.74) is 6.39. The molecule has 1 rings (SSSR count). The third-order valence-corrected chi connectivity index (χ3v) is 3.00. The Labute approximate surface area is 114 Å². The molecule has 1 unspecified atom stereocenters. The van der Waals surface area contributed by atoms with Crippen LogP contribution in [0.3, 0.4) is 0 Å². The second-order valence-corrected chi connectivity index (χ2v) is 4.26. The molecule has 0 fully saturated rings. The maximum absolute atomic E-state index is 11.1. The molecule has 0 aliphatic heterocycles. The number of rotatable bonds is 8. The van der Waals surface area contributed by atoms with E-state index in [0.29, 0.717) is 24.5 Å². The molecular weight excluding hydrogens is 244 g/mol. The lowest BCUT2D eigenvalue weighted by atomic mass is 10.1. The van der Waals surface area contributed by atoms with E-state index in [4.69, 9.17) is 15.2 Å².